The number of benzene rings is 3. The molecule has 0 bridgehead atoms. The number of methoxy groups -OCH3 is 1. The molecule has 0 saturated heterocycles. The van der Waals surface area contributed by atoms with Crippen LogP contribution in [0.2, 0.25) is 0 Å². The number of hydrogen-bond donors (Lipinski definition) is 3. The van der Waals surface area contributed by atoms with Crippen LogP contribution in [-0.4, -0.2) is 13.1 Å². The molecule has 0 spiro atoms. The second-order valence-corrected chi connectivity index (χ2v) is 6.79. The van der Waals surface area contributed by atoms with Gasteiger partial charge in [-0.1, -0.05) is 55.5 Å². The van der Waals surface area contributed by atoms with Crippen molar-refractivity contribution < 1.29 is 9.53 Å². The number of rotatable bonds is 5. The normalized spacial score (nSPS) is 12.5. The fourth-order valence-electron chi connectivity index (χ4n) is 3.41. The highest BCUT2D eigenvalue weighted by molar-refractivity contribution is 5.89. The third-order valence-corrected chi connectivity index (χ3v) is 4.98. The summed E-state index contributed by atoms with van der Waals surface area (Å²) in [4.78, 5) is 11.7. The van der Waals surface area contributed by atoms with E-state index in [2.05, 4.69) is 59.5 Å². The van der Waals surface area contributed by atoms with Gasteiger partial charge in [0.05, 0.1) is 18.4 Å². The first-order valence-electron chi connectivity index (χ1n) is 9.60. The molecule has 3 aromatic carbocycles. The number of esters is 1. The zero-order valence-electron chi connectivity index (χ0n) is 16.5. The molecule has 29 heavy (non-hydrogen) atoms. The van der Waals surface area contributed by atoms with Crippen LogP contribution in [0.3, 0.4) is 0 Å². The number of fused-ring (bicyclic) bond motifs is 1. The fraction of sp³-hybridized carbons (Fsp3) is 0.125. The van der Waals surface area contributed by atoms with Gasteiger partial charge < -0.3 is 10.1 Å². The fourth-order valence-corrected chi connectivity index (χ4v) is 3.41. The zero-order chi connectivity index (χ0) is 20.2. The van der Waals surface area contributed by atoms with E-state index in [0.29, 0.717) is 5.56 Å². The topological polar surface area (TPSA) is 62.4 Å². The summed E-state index contributed by atoms with van der Waals surface area (Å²) >= 11 is 0. The Labute approximate surface area is 169 Å². The van der Waals surface area contributed by atoms with Gasteiger partial charge in [-0.25, -0.2) is 4.79 Å². The Morgan fingerprint density at radius 3 is 2.41 bits per heavy atom. The van der Waals surface area contributed by atoms with E-state index in [-0.39, 0.29) is 5.97 Å². The maximum atomic E-state index is 11.7. The van der Waals surface area contributed by atoms with Crippen LogP contribution in [0.4, 0.5) is 5.69 Å². The van der Waals surface area contributed by atoms with Crippen molar-refractivity contribution in [3.8, 4) is 0 Å². The standard InChI is InChI=1S/C24H23N3O2/c1-3-16-7-6-8-19(15-16)25-23-21-10-5-4-9-20(21)22(26-27-23)17-11-13-18(14-12-17)24(28)29-2/h4-15,25-27H,3H2,1-2H3. The van der Waals surface area contributed by atoms with Gasteiger partial charge in [0.1, 0.15) is 5.82 Å². The average molecular weight is 385 g/mol. The van der Waals surface area contributed by atoms with Crippen LogP contribution in [0.1, 0.15) is 28.4 Å². The van der Waals surface area contributed by atoms with Gasteiger partial charge >= 0.3 is 5.97 Å². The summed E-state index contributed by atoms with van der Waals surface area (Å²) in [5, 5.41) is 5.63. The minimum absolute atomic E-state index is 0.342. The van der Waals surface area contributed by atoms with Crippen molar-refractivity contribution in [2.45, 2.75) is 13.3 Å². The number of ether oxygens (including phenoxy) is 1. The molecule has 1 aliphatic heterocycles. The summed E-state index contributed by atoms with van der Waals surface area (Å²) in [5.74, 6) is 0.551. The van der Waals surface area contributed by atoms with Gasteiger partial charge in [0.2, 0.25) is 0 Å². The van der Waals surface area contributed by atoms with E-state index in [1.807, 2.05) is 24.3 Å². The summed E-state index contributed by atoms with van der Waals surface area (Å²) < 4.78 is 4.78. The summed E-state index contributed by atoms with van der Waals surface area (Å²) in [7, 11) is 1.38. The Kier molecular flexibility index (Phi) is 5.20. The SMILES string of the molecule is CCc1cccc(NC2=c3ccccc3=C(c3ccc(C(=O)OC)cc3)NN2)c1. The molecule has 1 aliphatic rings. The molecule has 0 amide bonds. The third kappa shape index (κ3) is 3.80. The first-order valence-corrected chi connectivity index (χ1v) is 9.60. The van der Waals surface area contributed by atoms with Crippen molar-refractivity contribution in [2.24, 2.45) is 0 Å². The first kappa shape index (κ1) is 18.6. The molecule has 3 N–H and O–H groups in total. The van der Waals surface area contributed by atoms with Crippen molar-refractivity contribution in [3.05, 3.63) is 99.9 Å². The lowest BCUT2D eigenvalue weighted by Crippen LogP contribution is -2.49. The molecule has 5 heteroatoms. The van der Waals surface area contributed by atoms with Gasteiger partial charge in [0.15, 0.2) is 0 Å². The molecular formula is C24H23N3O2. The van der Waals surface area contributed by atoms with Crippen molar-refractivity contribution in [1.82, 2.24) is 10.9 Å². The van der Waals surface area contributed by atoms with E-state index in [9.17, 15) is 4.79 Å². The number of hydrogen-bond acceptors (Lipinski definition) is 5. The largest absolute Gasteiger partial charge is 0.465 e. The van der Waals surface area contributed by atoms with E-state index >= 15 is 0 Å². The Hall–Kier alpha value is -3.73. The first-order chi connectivity index (χ1) is 14.2. The Balaban J connectivity index is 1.78. The van der Waals surface area contributed by atoms with Crippen LogP contribution in [0.25, 0.3) is 11.5 Å². The van der Waals surface area contributed by atoms with E-state index < -0.39 is 0 Å². The molecule has 0 atom stereocenters. The molecule has 4 rings (SSSR count). The average Bonchev–Trinajstić information content (AvgIpc) is 2.79. The van der Waals surface area contributed by atoms with E-state index in [0.717, 1.165) is 39.6 Å². The third-order valence-electron chi connectivity index (χ3n) is 4.98. The second-order valence-electron chi connectivity index (χ2n) is 6.79. The van der Waals surface area contributed by atoms with Gasteiger partial charge in [0.25, 0.3) is 0 Å². The molecule has 146 valence electrons. The second kappa shape index (κ2) is 8.10. The maximum absolute atomic E-state index is 11.7. The van der Waals surface area contributed by atoms with Gasteiger partial charge in [0, 0.05) is 21.7 Å². The smallest absolute Gasteiger partial charge is 0.337 e. The van der Waals surface area contributed by atoms with Crippen molar-refractivity contribution in [3.63, 3.8) is 0 Å². The molecule has 5 nitrogen and oxygen atoms in total. The van der Waals surface area contributed by atoms with E-state index in [1.165, 1.54) is 12.7 Å². The number of carbonyl (C=O) groups is 1. The Bertz CT molecular complexity index is 1170. The molecule has 0 saturated carbocycles. The molecular weight excluding hydrogens is 362 g/mol. The summed E-state index contributed by atoms with van der Waals surface area (Å²) in [6.45, 7) is 2.15. The summed E-state index contributed by atoms with van der Waals surface area (Å²) in [6.07, 6.45) is 0.993. The highest BCUT2D eigenvalue weighted by Crippen LogP contribution is 2.15. The quantitative estimate of drug-likeness (QED) is 0.589. The van der Waals surface area contributed by atoms with E-state index in [4.69, 9.17) is 4.74 Å². The van der Waals surface area contributed by atoms with Crippen LogP contribution in [0.5, 0.6) is 0 Å². The molecule has 0 unspecified atom stereocenters. The number of aryl methyl sites for hydroxylation is 1. The predicted octanol–water partition coefficient (Wildman–Crippen LogP) is 2.48. The predicted molar refractivity (Wildman–Crippen MR) is 115 cm³/mol. The number of hydrazine groups is 1. The molecule has 0 aliphatic carbocycles. The zero-order valence-corrected chi connectivity index (χ0v) is 16.5. The summed E-state index contributed by atoms with van der Waals surface area (Å²) in [6, 6.07) is 24.0. The van der Waals surface area contributed by atoms with Crippen LogP contribution >= 0.6 is 0 Å². The molecule has 3 aromatic rings. The number of nitrogens with one attached hydrogen (secondary N) is 3. The van der Waals surface area contributed by atoms with Gasteiger partial charge in [-0.3, -0.25) is 10.9 Å². The highest BCUT2D eigenvalue weighted by atomic mass is 16.5. The monoisotopic (exact) mass is 385 g/mol. The van der Waals surface area contributed by atoms with Crippen LogP contribution in [0.15, 0.2) is 72.8 Å². The number of carbonyl (C=O) groups excluding carboxylic acids is 1. The molecule has 0 radical (unpaired) electrons. The Morgan fingerprint density at radius 1 is 0.931 bits per heavy atom. The minimum Gasteiger partial charge on any atom is -0.465 e. The molecule has 0 fully saturated rings. The molecule has 0 aromatic heterocycles. The minimum atomic E-state index is -0.342. The van der Waals surface area contributed by atoms with Crippen molar-refractivity contribution in [1.29, 1.82) is 0 Å². The lowest BCUT2D eigenvalue weighted by atomic mass is 10.0. The highest BCUT2D eigenvalue weighted by Gasteiger charge is 2.13. The lowest BCUT2D eigenvalue weighted by molar-refractivity contribution is 0.0600. The van der Waals surface area contributed by atoms with Gasteiger partial charge in [-0.15, -0.1) is 0 Å². The summed E-state index contributed by atoms with van der Waals surface area (Å²) in [5.41, 5.74) is 11.4. The van der Waals surface area contributed by atoms with Crippen LogP contribution in [0, 0.1) is 0 Å². The Morgan fingerprint density at radius 2 is 1.69 bits per heavy atom. The number of anilines is 1. The van der Waals surface area contributed by atoms with E-state index in [1.54, 1.807) is 12.1 Å². The van der Waals surface area contributed by atoms with Gasteiger partial charge in [-0.05, 0) is 36.2 Å². The lowest BCUT2D eigenvalue weighted by Gasteiger charge is -2.22. The van der Waals surface area contributed by atoms with Crippen LogP contribution < -0.4 is 26.6 Å². The van der Waals surface area contributed by atoms with Crippen LogP contribution in [-0.2, 0) is 11.2 Å². The molecule has 1 heterocycles. The maximum Gasteiger partial charge on any atom is 0.337 e. The van der Waals surface area contributed by atoms with Crippen molar-refractivity contribution >= 4 is 23.2 Å². The van der Waals surface area contributed by atoms with Gasteiger partial charge in [-0.2, -0.15) is 0 Å². The van der Waals surface area contributed by atoms with Crippen molar-refractivity contribution in [2.75, 3.05) is 12.4 Å².